The number of hydrogen-bond donors (Lipinski definition) is 1. The first-order valence-corrected chi connectivity index (χ1v) is 6.39. The molecule has 2 atom stereocenters. The fourth-order valence-electron chi connectivity index (χ4n) is 1.97. The van der Waals surface area contributed by atoms with Crippen LogP contribution in [0.2, 0.25) is 0 Å². The standard InChI is InChI=1S/C13H16BrN3/c1-9-7-16-17(8-9)13(10(2)15)11-4-3-5-12(14)6-11/h3-8,10,13H,15H2,1-2H3. The summed E-state index contributed by atoms with van der Waals surface area (Å²) < 4.78 is 2.99. The second-order valence-corrected chi connectivity index (χ2v) is 5.27. The number of nitrogens with zero attached hydrogens (tertiary/aromatic N) is 2. The Morgan fingerprint density at radius 2 is 2.18 bits per heavy atom. The van der Waals surface area contributed by atoms with Gasteiger partial charge in [0.05, 0.1) is 12.2 Å². The van der Waals surface area contributed by atoms with Gasteiger partial charge in [0.2, 0.25) is 0 Å². The van der Waals surface area contributed by atoms with Crippen LogP contribution in [0.25, 0.3) is 0 Å². The highest BCUT2D eigenvalue weighted by atomic mass is 79.9. The first-order valence-electron chi connectivity index (χ1n) is 5.59. The number of benzene rings is 1. The molecule has 0 aliphatic heterocycles. The van der Waals surface area contributed by atoms with Crippen LogP contribution >= 0.6 is 15.9 Å². The molecule has 0 fully saturated rings. The zero-order chi connectivity index (χ0) is 12.4. The Labute approximate surface area is 110 Å². The quantitative estimate of drug-likeness (QED) is 0.946. The van der Waals surface area contributed by atoms with Gasteiger partial charge in [0, 0.05) is 16.7 Å². The van der Waals surface area contributed by atoms with Gasteiger partial charge in [-0.25, -0.2) is 0 Å². The third-order valence-electron chi connectivity index (χ3n) is 2.70. The average Bonchev–Trinajstić information content (AvgIpc) is 2.64. The van der Waals surface area contributed by atoms with Gasteiger partial charge in [0.25, 0.3) is 0 Å². The number of aryl methyl sites for hydroxylation is 1. The van der Waals surface area contributed by atoms with Gasteiger partial charge in [-0.05, 0) is 37.1 Å². The lowest BCUT2D eigenvalue weighted by atomic mass is 10.0. The number of halogens is 1. The highest BCUT2D eigenvalue weighted by Gasteiger charge is 2.19. The predicted molar refractivity (Wildman–Crippen MR) is 72.9 cm³/mol. The van der Waals surface area contributed by atoms with Crippen LogP contribution in [-0.2, 0) is 0 Å². The highest BCUT2D eigenvalue weighted by molar-refractivity contribution is 9.10. The second-order valence-electron chi connectivity index (χ2n) is 4.36. The van der Waals surface area contributed by atoms with Crippen molar-refractivity contribution in [1.29, 1.82) is 0 Å². The Bertz CT molecular complexity index is 505. The molecular weight excluding hydrogens is 278 g/mol. The first-order chi connectivity index (χ1) is 8.08. The summed E-state index contributed by atoms with van der Waals surface area (Å²) in [6, 6.07) is 8.27. The SMILES string of the molecule is Cc1cnn(C(c2cccc(Br)c2)C(C)N)c1. The summed E-state index contributed by atoms with van der Waals surface area (Å²) in [5, 5.41) is 4.36. The summed E-state index contributed by atoms with van der Waals surface area (Å²) in [4.78, 5) is 0. The summed E-state index contributed by atoms with van der Waals surface area (Å²) in [5.74, 6) is 0. The van der Waals surface area contributed by atoms with E-state index in [1.807, 2.05) is 43.1 Å². The Kier molecular flexibility index (Phi) is 3.64. The van der Waals surface area contributed by atoms with Gasteiger partial charge in [0.15, 0.2) is 0 Å². The van der Waals surface area contributed by atoms with Gasteiger partial charge >= 0.3 is 0 Å². The predicted octanol–water partition coefficient (Wildman–Crippen LogP) is 2.89. The van der Waals surface area contributed by atoms with E-state index in [1.165, 1.54) is 0 Å². The molecule has 90 valence electrons. The van der Waals surface area contributed by atoms with Crippen molar-refractivity contribution in [1.82, 2.24) is 9.78 Å². The lowest BCUT2D eigenvalue weighted by Gasteiger charge is -2.22. The minimum absolute atomic E-state index is 0.00333. The molecule has 1 aromatic carbocycles. The van der Waals surface area contributed by atoms with Crippen LogP contribution in [0.4, 0.5) is 0 Å². The van der Waals surface area contributed by atoms with Crippen LogP contribution in [0.5, 0.6) is 0 Å². The van der Waals surface area contributed by atoms with E-state index in [-0.39, 0.29) is 12.1 Å². The highest BCUT2D eigenvalue weighted by Crippen LogP contribution is 2.23. The maximum Gasteiger partial charge on any atom is 0.0917 e. The molecule has 4 heteroatoms. The second kappa shape index (κ2) is 5.02. The largest absolute Gasteiger partial charge is 0.326 e. The van der Waals surface area contributed by atoms with E-state index in [4.69, 9.17) is 5.73 Å². The molecule has 2 rings (SSSR count). The Morgan fingerprint density at radius 3 is 2.71 bits per heavy atom. The average molecular weight is 294 g/mol. The van der Waals surface area contributed by atoms with Crippen molar-refractivity contribution >= 4 is 15.9 Å². The maximum absolute atomic E-state index is 6.08. The molecule has 2 unspecified atom stereocenters. The molecule has 0 spiro atoms. The topological polar surface area (TPSA) is 43.8 Å². The first kappa shape index (κ1) is 12.3. The van der Waals surface area contributed by atoms with Gasteiger partial charge < -0.3 is 5.73 Å². The van der Waals surface area contributed by atoms with Crippen molar-refractivity contribution in [3.63, 3.8) is 0 Å². The smallest absolute Gasteiger partial charge is 0.0917 e. The van der Waals surface area contributed by atoms with Crippen LogP contribution in [0.15, 0.2) is 41.1 Å². The number of aromatic nitrogens is 2. The Balaban J connectivity index is 2.42. The summed E-state index contributed by atoms with van der Waals surface area (Å²) in [6.07, 6.45) is 3.88. The molecule has 0 aliphatic rings. The zero-order valence-corrected chi connectivity index (χ0v) is 11.6. The van der Waals surface area contributed by atoms with Gasteiger partial charge in [-0.1, -0.05) is 28.1 Å². The molecule has 0 saturated heterocycles. The molecule has 1 heterocycles. The van der Waals surface area contributed by atoms with E-state index in [1.54, 1.807) is 0 Å². The third-order valence-corrected chi connectivity index (χ3v) is 3.20. The zero-order valence-electron chi connectivity index (χ0n) is 9.97. The van der Waals surface area contributed by atoms with Crippen LogP contribution in [0.1, 0.15) is 24.1 Å². The molecular formula is C13H16BrN3. The maximum atomic E-state index is 6.08. The normalized spacial score (nSPS) is 14.6. The fraction of sp³-hybridized carbons (Fsp3) is 0.308. The van der Waals surface area contributed by atoms with E-state index in [2.05, 4.69) is 33.2 Å². The molecule has 17 heavy (non-hydrogen) atoms. The van der Waals surface area contributed by atoms with E-state index >= 15 is 0 Å². The van der Waals surface area contributed by atoms with Crippen LogP contribution < -0.4 is 5.73 Å². The Hall–Kier alpha value is -1.13. The fourth-order valence-corrected chi connectivity index (χ4v) is 2.39. The van der Waals surface area contributed by atoms with Gasteiger partial charge in [-0.15, -0.1) is 0 Å². The van der Waals surface area contributed by atoms with Gasteiger partial charge in [-0.3, -0.25) is 4.68 Å². The number of nitrogens with two attached hydrogens (primary N) is 1. The van der Waals surface area contributed by atoms with Crippen molar-refractivity contribution in [3.8, 4) is 0 Å². The molecule has 0 amide bonds. The van der Waals surface area contributed by atoms with Gasteiger partial charge in [-0.2, -0.15) is 5.10 Å². The van der Waals surface area contributed by atoms with Gasteiger partial charge in [0.1, 0.15) is 0 Å². The monoisotopic (exact) mass is 293 g/mol. The molecule has 0 radical (unpaired) electrons. The van der Waals surface area contributed by atoms with Crippen LogP contribution in [0.3, 0.4) is 0 Å². The lowest BCUT2D eigenvalue weighted by Crippen LogP contribution is -2.30. The summed E-state index contributed by atoms with van der Waals surface area (Å²) in [5.41, 5.74) is 8.39. The van der Waals surface area contributed by atoms with Crippen molar-refractivity contribution in [2.75, 3.05) is 0 Å². The lowest BCUT2D eigenvalue weighted by molar-refractivity contribution is 0.453. The minimum atomic E-state index is 0.00333. The van der Waals surface area contributed by atoms with Crippen molar-refractivity contribution in [2.45, 2.75) is 25.9 Å². The molecule has 3 nitrogen and oxygen atoms in total. The van der Waals surface area contributed by atoms with Crippen LogP contribution in [0, 0.1) is 6.92 Å². The van der Waals surface area contributed by atoms with Crippen LogP contribution in [-0.4, -0.2) is 15.8 Å². The summed E-state index contributed by atoms with van der Waals surface area (Å²) >= 11 is 3.49. The molecule has 1 aromatic heterocycles. The molecule has 0 bridgehead atoms. The molecule has 2 aromatic rings. The van der Waals surface area contributed by atoms with Crippen molar-refractivity contribution < 1.29 is 0 Å². The number of rotatable bonds is 3. The van der Waals surface area contributed by atoms with E-state index in [0.29, 0.717) is 0 Å². The minimum Gasteiger partial charge on any atom is -0.326 e. The third kappa shape index (κ3) is 2.76. The van der Waals surface area contributed by atoms with E-state index < -0.39 is 0 Å². The summed E-state index contributed by atoms with van der Waals surface area (Å²) in [6.45, 7) is 4.03. The Morgan fingerprint density at radius 1 is 1.41 bits per heavy atom. The number of hydrogen-bond acceptors (Lipinski definition) is 2. The molecule has 0 saturated carbocycles. The molecule has 0 aliphatic carbocycles. The molecule has 2 N–H and O–H groups in total. The summed E-state index contributed by atoms with van der Waals surface area (Å²) in [7, 11) is 0. The van der Waals surface area contributed by atoms with Crippen molar-refractivity contribution in [3.05, 3.63) is 52.3 Å². The van der Waals surface area contributed by atoms with E-state index in [9.17, 15) is 0 Å². The van der Waals surface area contributed by atoms with E-state index in [0.717, 1.165) is 15.6 Å². The van der Waals surface area contributed by atoms with Crippen molar-refractivity contribution in [2.24, 2.45) is 5.73 Å².